The van der Waals surface area contributed by atoms with Crippen LogP contribution in [0.25, 0.3) is 0 Å². The van der Waals surface area contributed by atoms with Crippen LogP contribution in [0.15, 0.2) is 46.8 Å². The van der Waals surface area contributed by atoms with Gasteiger partial charge in [0.25, 0.3) is 0 Å². The summed E-state index contributed by atoms with van der Waals surface area (Å²) in [5, 5.41) is 8.56. The Morgan fingerprint density at radius 3 is 2.76 bits per heavy atom. The SMILES string of the molecule is CN=C(NCc1cccc(OC(F)F)c1)NCC(C)Cc1cccs1. The average Bonchev–Trinajstić information content (AvgIpc) is 3.07. The van der Waals surface area contributed by atoms with Gasteiger partial charge in [0.15, 0.2) is 5.96 Å². The molecule has 1 aromatic heterocycles. The fraction of sp³-hybridized carbons (Fsp3) is 0.389. The summed E-state index contributed by atoms with van der Waals surface area (Å²) in [6.45, 7) is 0.638. The Bertz CT molecular complexity index is 662. The number of aliphatic imine (C=N–C) groups is 1. The predicted octanol–water partition coefficient (Wildman–Crippen LogP) is 3.89. The molecule has 0 fully saturated rings. The molecule has 0 saturated carbocycles. The van der Waals surface area contributed by atoms with E-state index in [-0.39, 0.29) is 5.75 Å². The van der Waals surface area contributed by atoms with Crippen molar-refractivity contribution in [2.75, 3.05) is 13.6 Å². The number of rotatable bonds is 8. The quantitative estimate of drug-likeness (QED) is 0.550. The van der Waals surface area contributed by atoms with E-state index in [2.05, 4.69) is 44.8 Å². The summed E-state index contributed by atoms with van der Waals surface area (Å²) in [4.78, 5) is 5.56. The molecular weight excluding hydrogens is 344 g/mol. The van der Waals surface area contributed by atoms with Gasteiger partial charge >= 0.3 is 6.61 Å². The molecular formula is C18H23F2N3OS. The molecule has 0 spiro atoms. The van der Waals surface area contributed by atoms with Crippen LogP contribution >= 0.6 is 11.3 Å². The first-order chi connectivity index (χ1) is 12.1. The Kier molecular flexibility index (Phi) is 7.66. The second kappa shape index (κ2) is 9.98. The summed E-state index contributed by atoms with van der Waals surface area (Å²) in [6.07, 6.45) is 1.02. The van der Waals surface area contributed by atoms with Gasteiger partial charge in [-0.05, 0) is 41.5 Å². The number of halogens is 2. The zero-order valence-electron chi connectivity index (χ0n) is 14.3. The maximum Gasteiger partial charge on any atom is 0.387 e. The fourth-order valence-electron chi connectivity index (χ4n) is 2.35. The molecule has 25 heavy (non-hydrogen) atoms. The number of hydrogen-bond donors (Lipinski definition) is 2. The van der Waals surface area contributed by atoms with Gasteiger partial charge in [-0.15, -0.1) is 11.3 Å². The number of guanidine groups is 1. The number of hydrogen-bond acceptors (Lipinski definition) is 3. The van der Waals surface area contributed by atoms with Crippen LogP contribution < -0.4 is 15.4 Å². The number of nitrogens with one attached hydrogen (secondary N) is 2. The first kappa shape index (κ1) is 19.2. The topological polar surface area (TPSA) is 45.7 Å². The molecule has 0 saturated heterocycles. The number of nitrogens with zero attached hydrogens (tertiary/aromatic N) is 1. The number of ether oxygens (including phenoxy) is 1. The maximum absolute atomic E-state index is 12.3. The Balaban J connectivity index is 1.78. The van der Waals surface area contributed by atoms with Crippen molar-refractivity contribution < 1.29 is 13.5 Å². The third-order valence-corrected chi connectivity index (χ3v) is 4.45. The summed E-state index contributed by atoms with van der Waals surface area (Å²) in [5.74, 6) is 1.31. The van der Waals surface area contributed by atoms with Crippen molar-refractivity contribution in [3.8, 4) is 5.75 Å². The minimum absolute atomic E-state index is 0.154. The van der Waals surface area contributed by atoms with Gasteiger partial charge in [-0.3, -0.25) is 4.99 Å². The Labute approximate surface area is 150 Å². The lowest BCUT2D eigenvalue weighted by Gasteiger charge is -2.16. The average molecular weight is 367 g/mol. The van der Waals surface area contributed by atoms with Crippen molar-refractivity contribution in [1.29, 1.82) is 0 Å². The van der Waals surface area contributed by atoms with Gasteiger partial charge in [0.2, 0.25) is 0 Å². The highest BCUT2D eigenvalue weighted by Crippen LogP contribution is 2.16. The van der Waals surface area contributed by atoms with E-state index >= 15 is 0 Å². The molecule has 2 rings (SSSR count). The van der Waals surface area contributed by atoms with Crippen LogP contribution in [0, 0.1) is 5.92 Å². The Morgan fingerprint density at radius 1 is 1.24 bits per heavy atom. The maximum atomic E-state index is 12.3. The van der Waals surface area contributed by atoms with E-state index in [1.54, 1.807) is 30.5 Å². The second-order valence-electron chi connectivity index (χ2n) is 5.72. The van der Waals surface area contributed by atoms with E-state index in [9.17, 15) is 8.78 Å². The van der Waals surface area contributed by atoms with Crippen LogP contribution in [-0.4, -0.2) is 26.2 Å². The molecule has 2 N–H and O–H groups in total. The van der Waals surface area contributed by atoms with E-state index in [0.717, 1.165) is 18.5 Å². The predicted molar refractivity (Wildman–Crippen MR) is 98.5 cm³/mol. The molecule has 2 aromatic rings. The molecule has 0 aliphatic carbocycles. The molecule has 7 heteroatoms. The number of alkyl halides is 2. The van der Waals surface area contributed by atoms with E-state index in [4.69, 9.17) is 0 Å². The monoisotopic (exact) mass is 367 g/mol. The zero-order chi connectivity index (χ0) is 18.1. The van der Waals surface area contributed by atoms with Crippen LogP contribution in [0.5, 0.6) is 5.75 Å². The van der Waals surface area contributed by atoms with Crippen molar-refractivity contribution in [1.82, 2.24) is 10.6 Å². The van der Waals surface area contributed by atoms with Crippen molar-refractivity contribution in [2.45, 2.75) is 26.5 Å². The van der Waals surface area contributed by atoms with E-state index in [1.807, 2.05) is 6.07 Å². The molecule has 136 valence electrons. The lowest BCUT2D eigenvalue weighted by Crippen LogP contribution is -2.39. The van der Waals surface area contributed by atoms with Crippen molar-refractivity contribution in [2.24, 2.45) is 10.9 Å². The van der Waals surface area contributed by atoms with Gasteiger partial charge in [-0.25, -0.2) is 0 Å². The summed E-state index contributed by atoms with van der Waals surface area (Å²) >= 11 is 1.77. The first-order valence-electron chi connectivity index (χ1n) is 8.07. The molecule has 0 aliphatic heterocycles. The highest BCUT2D eigenvalue weighted by Gasteiger charge is 2.07. The smallest absolute Gasteiger partial charge is 0.387 e. The third kappa shape index (κ3) is 7.09. The van der Waals surface area contributed by atoms with Gasteiger partial charge in [0, 0.05) is 25.0 Å². The fourth-order valence-corrected chi connectivity index (χ4v) is 3.22. The van der Waals surface area contributed by atoms with E-state index < -0.39 is 6.61 Å². The van der Waals surface area contributed by atoms with Crippen molar-refractivity contribution >= 4 is 17.3 Å². The Morgan fingerprint density at radius 2 is 2.08 bits per heavy atom. The van der Waals surface area contributed by atoms with Crippen LogP contribution in [0.4, 0.5) is 8.78 Å². The number of benzene rings is 1. The summed E-state index contributed by atoms with van der Waals surface area (Å²) < 4.78 is 28.9. The second-order valence-corrected chi connectivity index (χ2v) is 6.75. The summed E-state index contributed by atoms with van der Waals surface area (Å²) in [6, 6.07) is 10.8. The number of thiophene rings is 1. The molecule has 1 unspecified atom stereocenters. The van der Waals surface area contributed by atoms with Crippen molar-refractivity contribution in [3.05, 3.63) is 52.2 Å². The van der Waals surface area contributed by atoms with Gasteiger partial charge in [-0.2, -0.15) is 8.78 Å². The normalized spacial score (nSPS) is 12.9. The van der Waals surface area contributed by atoms with Gasteiger partial charge in [0.05, 0.1) is 0 Å². The summed E-state index contributed by atoms with van der Waals surface area (Å²) in [5.41, 5.74) is 0.840. The molecule has 4 nitrogen and oxygen atoms in total. The highest BCUT2D eigenvalue weighted by atomic mass is 32.1. The lowest BCUT2D eigenvalue weighted by molar-refractivity contribution is -0.0498. The molecule has 0 radical (unpaired) electrons. The minimum Gasteiger partial charge on any atom is -0.435 e. The van der Waals surface area contributed by atoms with Crippen LogP contribution in [-0.2, 0) is 13.0 Å². The van der Waals surface area contributed by atoms with Gasteiger partial charge < -0.3 is 15.4 Å². The largest absolute Gasteiger partial charge is 0.435 e. The van der Waals surface area contributed by atoms with E-state index in [0.29, 0.717) is 18.4 Å². The molecule has 0 aliphatic rings. The molecule has 0 amide bonds. The standard InChI is InChI=1S/C18H23F2N3OS/c1-13(9-16-7-4-8-25-16)11-22-18(21-2)23-12-14-5-3-6-15(10-14)24-17(19)20/h3-8,10,13,17H,9,11-12H2,1-2H3,(H2,21,22,23). The van der Waals surface area contributed by atoms with Gasteiger partial charge in [-0.1, -0.05) is 25.1 Å². The van der Waals surface area contributed by atoms with Crippen LogP contribution in [0.2, 0.25) is 0 Å². The van der Waals surface area contributed by atoms with Crippen molar-refractivity contribution in [3.63, 3.8) is 0 Å². The van der Waals surface area contributed by atoms with Gasteiger partial charge in [0.1, 0.15) is 5.75 Å². The third-order valence-electron chi connectivity index (χ3n) is 3.55. The van der Waals surface area contributed by atoms with Crippen LogP contribution in [0.1, 0.15) is 17.4 Å². The molecule has 1 aromatic carbocycles. The Hall–Kier alpha value is -2.15. The molecule has 1 heterocycles. The molecule has 0 bridgehead atoms. The summed E-state index contributed by atoms with van der Waals surface area (Å²) in [7, 11) is 1.70. The minimum atomic E-state index is -2.82. The molecule has 1 atom stereocenters. The van der Waals surface area contributed by atoms with Crippen LogP contribution in [0.3, 0.4) is 0 Å². The zero-order valence-corrected chi connectivity index (χ0v) is 15.2. The highest BCUT2D eigenvalue weighted by molar-refractivity contribution is 7.09. The van der Waals surface area contributed by atoms with E-state index in [1.165, 1.54) is 10.9 Å². The lowest BCUT2D eigenvalue weighted by atomic mass is 10.1. The first-order valence-corrected chi connectivity index (χ1v) is 8.95.